The Bertz CT molecular complexity index is 560. The number of nitrogens with one attached hydrogen (secondary N) is 2. The van der Waals surface area contributed by atoms with E-state index in [1.165, 1.54) is 31.2 Å². The van der Waals surface area contributed by atoms with E-state index in [4.69, 9.17) is 14.5 Å². The van der Waals surface area contributed by atoms with Gasteiger partial charge in [-0.1, -0.05) is 25.0 Å². The number of benzene rings is 1. The Balaban J connectivity index is 0.00000364. The molecule has 27 heavy (non-hydrogen) atoms. The number of ether oxygens (including phenoxy) is 2. The van der Waals surface area contributed by atoms with E-state index in [9.17, 15) is 0 Å². The molecule has 2 N–H and O–H groups in total. The van der Waals surface area contributed by atoms with Gasteiger partial charge in [-0.2, -0.15) is 0 Å². The molecule has 0 radical (unpaired) electrons. The molecule has 1 aliphatic rings. The van der Waals surface area contributed by atoms with Gasteiger partial charge in [0.2, 0.25) is 0 Å². The van der Waals surface area contributed by atoms with Crippen LogP contribution < -0.4 is 15.4 Å². The molecule has 1 aromatic rings. The fraction of sp³-hybridized carbons (Fsp3) is 0.667. The van der Waals surface area contributed by atoms with Crippen molar-refractivity contribution >= 4 is 29.9 Å². The van der Waals surface area contributed by atoms with E-state index in [-0.39, 0.29) is 24.0 Å². The second-order valence-electron chi connectivity index (χ2n) is 7.17. The fourth-order valence-electron chi connectivity index (χ4n) is 3.67. The molecule has 0 aliphatic heterocycles. The maximum Gasteiger partial charge on any atom is 0.191 e. The molecule has 0 amide bonds. The highest BCUT2D eigenvalue weighted by atomic mass is 127. The number of methoxy groups -OCH3 is 2. The predicted molar refractivity (Wildman–Crippen MR) is 123 cm³/mol. The van der Waals surface area contributed by atoms with Gasteiger partial charge in [-0.05, 0) is 55.7 Å². The first-order chi connectivity index (χ1) is 12.7. The number of hydrogen-bond acceptors (Lipinski definition) is 3. The largest absolute Gasteiger partial charge is 0.497 e. The lowest BCUT2D eigenvalue weighted by atomic mass is 9.83. The van der Waals surface area contributed by atoms with Crippen LogP contribution in [-0.4, -0.2) is 46.4 Å². The van der Waals surface area contributed by atoms with Gasteiger partial charge in [-0.25, -0.2) is 0 Å². The van der Waals surface area contributed by atoms with Gasteiger partial charge in [0.15, 0.2) is 5.96 Å². The van der Waals surface area contributed by atoms with Gasteiger partial charge in [-0.3, -0.25) is 4.99 Å². The van der Waals surface area contributed by atoms with E-state index < -0.39 is 0 Å². The lowest BCUT2D eigenvalue weighted by Crippen LogP contribution is -2.39. The standard InChI is InChI=1S/C21H35N3O2.HI/c1-4-22-20(23-14-10-18-8-7-9-19(16-18)26-3)24-17-21(13-15-25-2)11-5-6-12-21;/h7-9,16H,4-6,10-15,17H2,1-3H3,(H2,22,23,24);1H. The van der Waals surface area contributed by atoms with Crippen LogP contribution in [0.2, 0.25) is 0 Å². The van der Waals surface area contributed by atoms with E-state index in [0.717, 1.165) is 50.8 Å². The molecule has 0 atom stereocenters. The van der Waals surface area contributed by atoms with Crippen molar-refractivity contribution in [1.29, 1.82) is 0 Å². The first-order valence-corrected chi connectivity index (χ1v) is 9.85. The Kier molecular flexibility index (Phi) is 11.7. The zero-order valence-electron chi connectivity index (χ0n) is 17.1. The minimum atomic E-state index is 0. The predicted octanol–water partition coefficient (Wildman–Crippen LogP) is 4.01. The average Bonchev–Trinajstić information content (AvgIpc) is 3.14. The first kappa shape index (κ1) is 24.0. The van der Waals surface area contributed by atoms with Crippen LogP contribution in [0.25, 0.3) is 0 Å². The smallest absolute Gasteiger partial charge is 0.191 e. The van der Waals surface area contributed by atoms with Crippen LogP contribution in [-0.2, 0) is 11.2 Å². The summed E-state index contributed by atoms with van der Waals surface area (Å²) in [6, 6.07) is 8.23. The molecule has 1 aliphatic carbocycles. The summed E-state index contributed by atoms with van der Waals surface area (Å²) in [5.74, 6) is 1.82. The van der Waals surface area contributed by atoms with Gasteiger partial charge >= 0.3 is 0 Å². The number of rotatable bonds is 10. The van der Waals surface area contributed by atoms with E-state index in [1.807, 2.05) is 12.1 Å². The number of aliphatic imine (C=N–C) groups is 1. The Morgan fingerprint density at radius 2 is 1.96 bits per heavy atom. The molecule has 1 saturated carbocycles. The van der Waals surface area contributed by atoms with Gasteiger partial charge in [0.1, 0.15) is 5.75 Å². The zero-order valence-corrected chi connectivity index (χ0v) is 19.4. The second-order valence-corrected chi connectivity index (χ2v) is 7.17. The van der Waals surface area contributed by atoms with Gasteiger partial charge in [0, 0.05) is 33.4 Å². The quantitative estimate of drug-likeness (QED) is 0.296. The second kappa shape index (κ2) is 13.2. The van der Waals surface area contributed by atoms with Gasteiger partial charge in [-0.15, -0.1) is 24.0 Å². The van der Waals surface area contributed by atoms with Crippen LogP contribution in [0.15, 0.2) is 29.3 Å². The molecule has 154 valence electrons. The number of guanidine groups is 1. The number of nitrogens with zero attached hydrogens (tertiary/aromatic N) is 1. The summed E-state index contributed by atoms with van der Waals surface area (Å²) in [5, 5.41) is 6.84. The summed E-state index contributed by atoms with van der Waals surface area (Å²) in [7, 11) is 3.49. The maximum atomic E-state index is 5.33. The molecule has 0 spiro atoms. The van der Waals surface area contributed by atoms with Crippen LogP contribution >= 0.6 is 24.0 Å². The highest BCUT2D eigenvalue weighted by molar-refractivity contribution is 14.0. The molecule has 0 heterocycles. The van der Waals surface area contributed by atoms with E-state index >= 15 is 0 Å². The normalized spacial score (nSPS) is 15.9. The number of halogens is 1. The van der Waals surface area contributed by atoms with Crippen molar-refractivity contribution in [2.75, 3.05) is 40.5 Å². The number of hydrogen-bond donors (Lipinski definition) is 2. The van der Waals surface area contributed by atoms with Gasteiger partial charge in [0.25, 0.3) is 0 Å². The summed E-state index contributed by atoms with van der Waals surface area (Å²) in [4.78, 5) is 4.90. The van der Waals surface area contributed by atoms with Crippen molar-refractivity contribution in [2.24, 2.45) is 10.4 Å². The third-order valence-corrected chi connectivity index (χ3v) is 5.26. The molecular formula is C21H36IN3O2. The molecular weight excluding hydrogens is 453 g/mol. The average molecular weight is 489 g/mol. The van der Waals surface area contributed by atoms with Crippen molar-refractivity contribution in [2.45, 2.75) is 45.4 Å². The molecule has 0 unspecified atom stereocenters. The van der Waals surface area contributed by atoms with Crippen LogP contribution in [0.1, 0.15) is 44.6 Å². The molecule has 2 rings (SSSR count). The monoisotopic (exact) mass is 489 g/mol. The Hall–Kier alpha value is -1.02. The Morgan fingerprint density at radius 3 is 2.63 bits per heavy atom. The molecule has 1 aromatic carbocycles. The maximum absolute atomic E-state index is 5.33. The lowest BCUT2D eigenvalue weighted by molar-refractivity contribution is 0.141. The topological polar surface area (TPSA) is 54.9 Å². The molecule has 0 aromatic heterocycles. The van der Waals surface area contributed by atoms with Crippen LogP contribution in [0.5, 0.6) is 5.75 Å². The third-order valence-electron chi connectivity index (χ3n) is 5.26. The van der Waals surface area contributed by atoms with Crippen LogP contribution in [0.3, 0.4) is 0 Å². The van der Waals surface area contributed by atoms with Gasteiger partial charge < -0.3 is 20.1 Å². The summed E-state index contributed by atoms with van der Waals surface area (Å²) in [6.45, 7) is 5.54. The lowest BCUT2D eigenvalue weighted by Gasteiger charge is -2.27. The SMILES string of the molecule is CCNC(=NCC1(CCOC)CCCC1)NCCc1cccc(OC)c1.I. The zero-order chi connectivity index (χ0) is 18.7. The van der Waals surface area contributed by atoms with E-state index in [0.29, 0.717) is 5.41 Å². The minimum absolute atomic E-state index is 0. The highest BCUT2D eigenvalue weighted by Gasteiger charge is 2.33. The van der Waals surface area contributed by atoms with E-state index in [2.05, 4.69) is 29.7 Å². The molecule has 6 heteroatoms. The molecule has 0 bridgehead atoms. The fourth-order valence-corrected chi connectivity index (χ4v) is 3.67. The first-order valence-electron chi connectivity index (χ1n) is 9.85. The van der Waals surface area contributed by atoms with Crippen molar-refractivity contribution in [3.63, 3.8) is 0 Å². The Morgan fingerprint density at radius 1 is 1.19 bits per heavy atom. The summed E-state index contributed by atoms with van der Waals surface area (Å²) in [5.41, 5.74) is 1.59. The van der Waals surface area contributed by atoms with Crippen molar-refractivity contribution in [3.05, 3.63) is 29.8 Å². The Labute approximate surface area is 181 Å². The highest BCUT2D eigenvalue weighted by Crippen LogP contribution is 2.41. The summed E-state index contributed by atoms with van der Waals surface area (Å²) < 4.78 is 10.6. The summed E-state index contributed by atoms with van der Waals surface area (Å²) >= 11 is 0. The van der Waals surface area contributed by atoms with Crippen LogP contribution in [0.4, 0.5) is 0 Å². The summed E-state index contributed by atoms with van der Waals surface area (Å²) in [6.07, 6.45) is 7.22. The minimum Gasteiger partial charge on any atom is -0.497 e. The van der Waals surface area contributed by atoms with Crippen molar-refractivity contribution < 1.29 is 9.47 Å². The van der Waals surface area contributed by atoms with Gasteiger partial charge in [0.05, 0.1) is 7.11 Å². The third kappa shape index (κ3) is 8.25. The van der Waals surface area contributed by atoms with Crippen molar-refractivity contribution in [3.8, 4) is 5.75 Å². The van der Waals surface area contributed by atoms with Crippen LogP contribution in [0, 0.1) is 5.41 Å². The van der Waals surface area contributed by atoms with E-state index in [1.54, 1.807) is 14.2 Å². The molecule has 0 saturated heterocycles. The van der Waals surface area contributed by atoms with Crippen molar-refractivity contribution in [1.82, 2.24) is 10.6 Å². The molecule has 5 nitrogen and oxygen atoms in total. The molecule has 1 fully saturated rings.